The summed E-state index contributed by atoms with van der Waals surface area (Å²) in [5, 5.41) is 0. The Hall–Kier alpha value is -0.870. The average molecular weight is 460 g/mol. The van der Waals surface area contributed by atoms with Crippen LogP contribution in [-0.2, 0) is 14.3 Å². The third kappa shape index (κ3) is 6.42. The summed E-state index contributed by atoms with van der Waals surface area (Å²) in [7, 11) is 6.23. The highest BCUT2D eigenvalue weighted by Crippen LogP contribution is 2.46. The minimum atomic E-state index is 0.0460. The number of carbonyl (C=O) groups is 1. The predicted molar refractivity (Wildman–Crippen MR) is 134 cm³/mol. The Kier molecular flexibility index (Phi) is 8.95. The molecule has 7 atom stereocenters. The first-order valence-electron chi connectivity index (χ1n) is 14.0. The van der Waals surface area contributed by atoms with Gasteiger partial charge < -0.3 is 14.4 Å². The summed E-state index contributed by atoms with van der Waals surface area (Å²) in [6, 6.07) is 0. The first-order valence-corrected chi connectivity index (χ1v) is 14.0. The van der Waals surface area contributed by atoms with E-state index >= 15 is 0 Å². The highest BCUT2D eigenvalue weighted by molar-refractivity contribution is 5.72. The quantitative estimate of drug-likeness (QED) is 0.327. The maximum Gasteiger partial charge on any atom is 0.309 e. The van der Waals surface area contributed by atoms with Crippen molar-refractivity contribution in [1.82, 2.24) is 4.90 Å². The van der Waals surface area contributed by atoms with Crippen molar-refractivity contribution in [2.45, 2.75) is 109 Å². The molecule has 0 aliphatic heterocycles. The lowest BCUT2D eigenvalue weighted by Gasteiger charge is -2.43. The fraction of sp³-hybridized carbons (Fsp3) is 0.897. The average Bonchev–Trinajstić information content (AvgIpc) is 2.83. The van der Waals surface area contributed by atoms with Crippen molar-refractivity contribution < 1.29 is 14.3 Å². The predicted octanol–water partition coefficient (Wildman–Crippen LogP) is 6.39. The molecular weight excluding hydrogens is 410 g/mol. The fourth-order valence-corrected chi connectivity index (χ4v) is 7.63. The molecule has 7 unspecified atom stereocenters. The molecule has 0 bridgehead atoms. The van der Waals surface area contributed by atoms with Crippen LogP contribution in [0.1, 0.15) is 96.8 Å². The second kappa shape index (κ2) is 11.7. The van der Waals surface area contributed by atoms with Gasteiger partial charge in [-0.1, -0.05) is 18.1 Å². The Bertz CT molecular complexity index is 686. The Morgan fingerprint density at radius 2 is 1.67 bits per heavy atom. The van der Waals surface area contributed by atoms with Gasteiger partial charge in [-0.3, -0.25) is 4.79 Å². The number of carbonyl (C=O) groups excluding carboxylic acids is 1. The Morgan fingerprint density at radius 1 is 0.909 bits per heavy atom. The van der Waals surface area contributed by atoms with E-state index in [9.17, 15) is 4.79 Å². The van der Waals surface area contributed by atoms with Crippen molar-refractivity contribution in [2.75, 3.05) is 27.7 Å². The molecule has 33 heavy (non-hydrogen) atoms. The number of esters is 1. The van der Waals surface area contributed by atoms with Crippen LogP contribution in [0.4, 0.5) is 0 Å². The lowest BCUT2D eigenvalue weighted by atomic mass is 9.64. The molecule has 0 amide bonds. The summed E-state index contributed by atoms with van der Waals surface area (Å²) >= 11 is 0. The van der Waals surface area contributed by atoms with Crippen LogP contribution in [0.5, 0.6) is 0 Å². The van der Waals surface area contributed by atoms with Crippen molar-refractivity contribution in [2.24, 2.45) is 29.6 Å². The number of ether oxygens (including phenoxy) is 2. The van der Waals surface area contributed by atoms with Gasteiger partial charge in [0.15, 0.2) is 0 Å². The number of methoxy groups -OCH3 is 1. The Morgan fingerprint density at radius 3 is 2.45 bits per heavy atom. The van der Waals surface area contributed by atoms with Gasteiger partial charge in [0.1, 0.15) is 6.10 Å². The van der Waals surface area contributed by atoms with E-state index in [4.69, 9.17) is 9.47 Å². The highest BCUT2D eigenvalue weighted by atomic mass is 16.5. The molecule has 4 rings (SSSR count). The van der Waals surface area contributed by atoms with Crippen LogP contribution in [0.25, 0.3) is 0 Å². The molecule has 4 aliphatic rings. The van der Waals surface area contributed by atoms with Gasteiger partial charge in [0.2, 0.25) is 0 Å². The van der Waals surface area contributed by atoms with Gasteiger partial charge in [0.05, 0.1) is 12.0 Å². The van der Waals surface area contributed by atoms with Crippen LogP contribution in [0, 0.1) is 29.6 Å². The molecule has 0 aromatic heterocycles. The zero-order valence-electron chi connectivity index (χ0n) is 21.8. The number of allylic oxidation sites excluding steroid dienone is 1. The number of fused-ring (bicyclic) bond motifs is 1. The number of rotatable bonds is 7. The largest absolute Gasteiger partial charge is 0.462 e. The molecule has 0 heterocycles. The molecular formula is C29H49NO3. The van der Waals surface area contributed by atoms with Crippen LogP contribution in [0.3, 0.4) is 0 Å². The molecule has 0 radical (unpaired) electrons. The van der Waals surface area contributed by atoms with Crippen molar-refractivity contribution in [3.63, 3.8) is 0 Å². The molecule has 0 aromatic rings. The number of nitrogens with zero attached hydrogens (tertiary/aromatic N) is 1. The van der Waals surface area contributed by atoms with Gasteiger partial charge in [-0.25, -0.2) is 0 Å². The van der Waals surface area contributed by atoms with Gasteiger partial charge in [-0.05, 0) is 128 Å². The maximum absolute atomic E-state index is 13.2. The second-order valence-electron chi connectivity index (χ2n) is 12.0. The molecule has 4 aliphatic carbocycles. The third-order valence-electron chi connectivity index (χ3n) is 9.56. The number of likely N-dealkylation sites (N-methyl/N-ethyl adjacent to an activating group) is 1. The molecule has 4 nitrogen and oxygen atoms in total. The summed E-state index contributed by atoms with van der Waals surface area (Å²) in [4.78, 5) is 15.5. The van der Waals surface area contributed by atoms with E-state index in [0.717, 1.165) is 31.2 Å². The normalized spacial score (nSPS) is 36.4. The third-order valence-corrected chi connectivity index (χ3v) is 9.56. The summed E-state index contributed by atoms with van der Waals surface area (Å²) in [6.45, 7) is 3.25. The lowest BCUT2D eigenvalue weighted by molar-refractivity contribution is -0.158. The molecule has 4 heteroatoms. The van der Waals surface area contributed by atoms with Crippen LogP contribution in [-0.4, -0.2) is 50.8 Å². The fourth-order valence-electron chi connectivity index (χ4n) is 7.63. The van der Waals surface area contributed by atoms with Gasteiger partial charge in [-0.2, -0.15) is 0 Å². The van der Waals surface area contributed by atoms with E-state index in [0.29, 0.717) is 17.9 Å². The van der Waals surface area contributed by atoms with Crippen LogP contribution >= 0.6 is 0 Å². The van der Waals surface area contributed by atoms with E-state index < -0.39 is 0 Å². The second-order valence-corrected chi connectivity index (χ2v) is 12.0. The van der Waals surface area contributed by atoms with Gasteiger partial charge >= 0.3 is 5.97 Å². The molecule has 188 valence electrons. The van der Waals surface area contributed by atoms with Crippen LogP contribution in [0.2, 0.25) is 0 Å². The zero-order chi connectivity index (χ0) is 23.4. The monoisotopic (exact) mass is 459 g/mol. The standard InChI is InChI=1S/C29H49NO3/c1-20(21-12-13-23-17-26(32-4)15-14-22(23)16-21)29(31)33-27-10-7-9-24(18-27)28-11-6-5-8-25(28)19-30(2)3/h20-24,26-27H,5-19H2,1-4H3. The summed E-state index contributed by atoms with van der Waals surface area (Å²) in [5.41, 5.74) is 3.39. The molecule has 3 fully saturated rings. The minimum Gasteiger partial charge on any atom is -0.462 e. The molecule has 0 spiro atoms. The van der Waals surface area contributed by atoms with E-state index in [-0.39, 0.29) is 18.0 Å². The van der Waals surface area contributed by atoms with Crippen molar-refractivity contribution >= 4 is 5.97 Å². The summed E-state index contributed by atoms with van der Waals surface area (Å²) < 4.78 is 11.9. The van der Waals surface area contributed by atoms with Gasteiger partial charge in [0.25, 0.3) is 0 Å². The van der Waals surface area contributed by atoms with Crippen molar-refractivity contribution in [1.29, 1.82) is 0 Å². The first-order chi connectivity index (χ1) is 15.9. The van der Waals surface area contributed by atoms with E-state index in [1.54, 1.807) is 11.1 Å². The van der Waals surface area contributed by atoms with Crippen molar-refractivity contribution in [3.8, 4) is 0 Å². The maximum atomic E-state index is 13.2. The Labute approximate surface area is 202 Å². The van der Waals surface area contributed by atoms with Crippen LogP contribution < -0.4 is 0 Å². The summed E-state index contributed by atoms with van der Waals surface area (Å²) in [6.07, 6.45) is 17.7. The smallest absolute Gasteiger partial charge is 0.309 e. The molecule has 0 saturated heterocycles. The molecule has 3 saturated carbocycles. The number of hydrogen-bond donors (Lipinski definition) is 0. The Balaban J connectivity index is 1.30. The van der Waals surface area contributed by atoms with Crippen LogP contribution in [0.15, 0.2) is 11.1 Å². The SMILES string of the molecule is COC1CCC2CC(C(C)C(=O)OC3CCCC(C4=C(CN(C)C)CCCC4)C3)CCC2C1. The van der Waals surface area contributed by atoms with E-state index in [1.807, 2.05) is 7.11 Å². The van der Waals surface area contributed by atoms with E-state index in [2.05, 4.69) is 25.9 Å². The highest BCUT2D eigenvalue weighted by Gasteiger charge is 2.39. The van der Waals surface area contributed by atoms with Gasteiger partial charge in [0, 0.05) is 13.7 Å². The first kappa shape index (κ1) is 25.2. The molecule has 0 N–H and O–H groups in total. The number of hydrogen-bond acceptors (Lipinski definition) is 4. The summed E-state index contributed by atoms with van der Waals surface area (Å²) in [5.74, 6) is 2.87. The zero-order valence-corrected chi connectivity index (χ0v) is 21.8. The minimum absolute atomic E-state index is 0.0460. The van der Waals surface area contributed by atoms with Gasteiger partial charge in [-0.15, -0.1) is 0 Å². The lowest BCUT2D eigenvalue weighted by Crippen LogP contribution is -2.38. The van der Waals surface area contributed by atoms with E-state index in [1.165, 1.54) is 77.0 Å². The van der Waals surface area contributed by atoms with Crippen molar-refractivity contribution in [3.05, 3.63) is 11.1 Å². The topological polar surface area (TPSA) is 38.8 Å². The molecule has 0 aromatic carbocycles.